The van der Waals surface area contributed by atoms with Gasteiger partial charge in [0.2, 0.25) is 0 Å². The zero-order chi connectivity index (χ0) is 25.4. The van der Waals surface area contributed by atoms with Crippen LogP contribution in [0.15, 0.2) is 12.3 Å². The number of pyridine rings is 1. The quantitative estimate of drug-likeness (QED) is 0.510. The maximum absolute atomic E-state index is 13.4. The van der Waals surface area contributed by atoms with Crippen LogP contribution in [0.25, 0.3) is 10.4 Å². The van der Waals surface area contributed by atoms with Gasteiger partial charge >= 0.3 is 0 Å². The van der Waals surface area contributed by atoms with Crippen molar-refractivity contribution >= 4 is 29.0 Å². The molecule has 2 aromatic heterocycles. The van der Waals surface area contributed by atoms with E-state index in [1.807, 2.05) is 6.92 Å². The average molecular weight is 497 g/mol. The molecule has 0 aromatic carbocycles. The molecule has 0 bridgehead atoms. The monoisotopic (exact) mass is 496 g/mol. The maximum atomic E-state index is 13.4. The number of thiazole rings is 1. The lowest BCUT2D eigenvalue weighted by Crippen LogP contribution is -2.38. The molecule has 0 radical (unpaired) electrons. The number of likely N-dealkylation sites (tertiary alicyclic amines) is 1. The van der Waals surface area contributed by atoms with Crippen molar-refractivity contribution in [3.05, 3.63) is 28.5 Å². The lowest BCUT2D eigenvalue weighted by atomic mass is 10.1. The van der Waals surface area contributed by atoms with Gasteiger partial charge in [-0.25, -0.2) is 9.97 Å². The highest BCUT2D eigenvalue weighted by molar-refractivity contribution is 7.17. The molecule has 1 aliphatic carbocycles. The number of carbonyl (C=O) groups excluding carboxylic acids is 2. The van der Waals surface area contributed by atoms with Crippen LogP contribution in [0, 0.1) is 16.7 Å². The molecule has 3 N–H and O–H groups in total. The minimum atomic E-state index is -1.08. The van der Waals surface area contributed by atoms with Crippen molar-refractivity contribution in [3.63, 3.8) is 0 Å². The second kappa shape index (κ2) is 9.55. The maximum Gasteiger partial charge on any atom is 0.280 e. The largest absolute Gasteiger partial charge is 0.389 e. The number of nitrogens with one attached hydrogen (secondary N) is 2. The fourth-order valence-corrected chi connectivity index (χ4v) is 4.96. The van der Waals surface area contributed by atoms with E-state index in [0.717, 1.165) is 43.6 Å². The number of aliphatic hydroxyl groups is 1. The van der Waals surface area contributed by atoms with E-state index in [1.165, 1.54) is 0 Å². The Labute approximate surface area is 209 Å². The van der Waals surface area contributed by atoms with Gasteiger partial charge in [-0.2, -0.15) is 5.26 Å². The number of rotatable bonds is 8. The summed E-state index contributed by atoms with van der Waals surface area (Å²) in [7, 11) is 0. The number of amides is 2. The minimum absolute atomic E-state index is 0.0482. The van der Waals surface area contributed by atoms with E-state index >= 15 is 0 Å². The predicted octanol–water partition coefficient (Wildman–Crippen LogP) is 3.41. The molecule has 10 heteroatoms. The van der Waals surface area contributed by atoms with Gasteiger partial charge in [-0.3, -0.25) is 9.59 Å². The molecular formula is C25H32N6O3S. The Balaban J connectivity index is 1.67. The molecule has 0 spiro atoms. The Morgan fingerprint density at radius 3 is 2.74 bits per heavy atom. The van der Waals surface area contributed by atoms with Crippen LogP contribution in [-0.4, -0.2) is 63.1 Å². The summed E-state index contributed by atoms with van der Waals surface area (Å²) in [5.41, 5.74) is 0.308. The Kier molecular flexibility index (Phi) is 6.84. The van der Waals surface area contributed by atoms with E-state index in [4.69, 9.17) is 0 Å². The SMILES string of the molecule is C[C@H]1CCCN1C(=O)c1nc(C(=O)NCC(C)(C)O)sc1-c1cnc(NCC2(C)CC2)c(C#N)c1. The molecular weight excluding hydrogens is 464 g/mol. The van der Waals surface area contributed by atoms with E-state index in [-0.39, 0.29) is 34.6 Å². The van der Waals surface area contributed by atoms with Gasteiger partial charge in [0.15, 0.2) is 5.01 Å². The van der Waals surface area contributed by atoms with E-state index in [9.17, 15) is 20.0 Å². The van der Waals surface area contributed by atoms with Gasteiger partial charge in [0.1, 0.15) is 17.6 Å². The third-order valence-corrected chi connectivity index (χ3v) is 7.68. The summed E-state index contributed by atoms with van der Waals surface area (Å²) in [6.07, 6.45) is 5.77. The summed E-state index contributed by atoms with van der Waals surface area (Å²) in [6.45, 7) is 8.82. The summed E-state index contributed by atoms with van der Waals surface area (Å²) in [6, 6.07) is 3.98. The van der Waals surface area contributed by atoms with E-state index < -0.39 is 11.5 Å². The fraction of sp³-hybridized carbons (Fsp3) is 0.560. The van der Waals surface area contributed by atoms with Crippen molar-refractivity contribution in [3.8, 4) is 16.5 Å². The van der Waals surface area contributed by atoms with Crippen molar-refractivity contribution in [2.45, 2.75) is 65.0 Å². The molecule has 2 fully saturated rings. The van der Waals surface area contributed by atoms with E-state index in [0.29, 0.717) is 28.4 Å². The predicted molar refractivity (Wildman–Crippen MR) is 134 cm³/mol. The van der Waals surface area contributed by atoms with Gasteiger partial charge in [-0.05, 0) is 57.9 Å². The Bertz CT molecular complexity index is 1170. The first-order valence-corrected chi connectivity index (χ1v) is 12.8. The summed E-state index contributed by atoms with van der Waals surface area (Å²) < 4.78 is 0. The first-order chi connectivity index (χ1) is 16.5. The highest BCUT2D eigenvalue weighted by Gasteiger charge is 2.37. The molecule has 35 heavy (non-hydrogen) atoms. The van der Waals surface area contributed by atoms with Gasteiger partial charge in [0, 0.05) is 37.4 Å². The molecule has 0 unspecified atom stereocenters. The Hall–Kier alpha value is -3.03. The van der Waals surface area contributed by atoms with Crippen molar-refractivity contribution in [1.29, 1.82) is 5.26 Å². The summed E-state index contributed by atoms with van der Waals surface area (Å²) >= 11 is 1.09. The fourth-order valence-electron chi connectivity index (χ4n) is 4.00. The number of hydrogen-bond acceptors (Lipinski definition) is 8. The third kappa shape index (κ3) is 5.80. The number of nitriles is 1. The van der Waals surface area contributed by atoms with Crippen LogP contribution < -0.4 is 10.6 Å². The molecule has 9 nitrogen and oxygen atoms in total. The van der Waals surface area contributed by atoms with Crippen LogP contribution in [-0.2, 0) is 0 Å². The molecule has 1 saturated carbocycles. The standard InChI is InChI=1S/C25H32N6O3S/c1-15-6-5-9-31(15)23(33)18-19(35-22(30-18)21(32)29-13-24(2,3)34)17-10-16(11-26)20(27-12-17)28-14-25(4)7-8-25/h10,12,15,34H,5-9,13-14H2,1-4H3,(H,27,28)(H,29,32)/t15-/m0/s1. The lowest BCUT2D eigenvalue weighted by molar-refractivity contribution is 0.0692. The molecule has 1 aliphatic heterocycles. The van der Waals surface area contributed by atoms with Gasteiger partial charge in [0.25, 0.3) is 11.8 Å². The van der Waals surface area contributed by atoms with Crippen molar-refractivity contribution in [2.75, 3.05) is 25.0 Å². The van der Waals surface area contributed by atoms with Crippen LogP contribution in [0.5, 0.6) is 0 Å². The average Bonchev–Trinajstić information content (AvgIpc) is 3.20. The molecule has 2 aromatic rings. The number of hydrogen-bond donors (Lipinski definition) is 3. The number of anilines is 1. The second-order valence-corrected chi connectivity index (χ2v) is 11.6. The van der Waals surface area contributed by atoms with Crippen LogP contribution >= 0.6 is 11.3 Å². The zero-order valence-corrected chi connectivity index (χ0v) is 21.5. The Morgan fingerprint density at radius 1 is 1.40 bits per heavy atom. The topological polar surface area (TPSA) is 131 Å². The summed E-state index contributed by atoms with van der Waals surface area (Å²) in [5, 5.41) is 25.8. The third-order valence-electron chi connectivity index (χ3n) is 6.58. The molecule has 2 aliphatic rings. The zero-order valence-electron chi connectivity index (χ0n) is 20.6. The first-order valence-electron chi connectivity index (χ1n) is 12.0. The smallest absolute Gasteiger partial charge is 0.280 e. The normalized spacial score (nSPS) is 18.7. The Morgan fingerprint density at radius 2 is 2.14 bits per heavy atom. The minimum Gasteiger partial charge on any atom is -0.389 e. The number of aromatic nitrogens is 2. The molecule has 1 atom stereocenters. The number of nitrogens with zero attached hydrogens (tertiary/aromatic N) is 4. The van der Waals surface area contributed by atoms with Gasteiger partial charge < -0.3 is 20.6 Å². The van der Waals surface area contributed by atoms with Crippen molar-refractivity contribution in [1.82, 2.24) is 20.2 Å². The van der Waals surface area contributed by atoms with Gasteiger partial charge in [-0.15, -0.1) is 11.3 Å². The summed E-state index contributed by atoms with van der Waals surface area (Å²) in [5.74, 6) is -0.181. The molecule has 3 heterocycles. The van der Waals surface area contributed by atoms with Gasteiger partial charge in [-0.1, -0.05) is 6.92 Å². The van der Waals surface area contributed by atoms with Crippen LogP contribution in [0.1, 0.15) is 79.2 Å². The molecule has 4 rings (SSSR count). The van der Waals surface area contributed by atoms with Crippen LogP contribution in [0.4, 0.5) is 5.82 Å². The highest BCUT2D eigenvalue weighted by Crippen LogP contribution is 2.45. The molecule has 1 saturated heterocycles. The molecule has 186 valence electrons. The highest BCUT2D eigenvalue weighted by atomic mass is 32.1. The number of carbonyl (C=O) groups is 2. The first kappa shape index (κ1) is 25.1. The van der Waals surface area contributed by atoms with Gasteiger partial charge in [0.05, 0.1) is 16.0 Å². The molecule has 2 amide bonds. The van der Waals surface area contributed by atoms with Crippen LogP contribution in [0.2, 0.25) is 0 Å². The summed E-state index contributed by atoms with van der Waals surface area (Å²) in [4.78, 5) is 37.4. The van der Waals surface area contributed by atoms with E-state index in [2.05, 4.69) is 33.6 Å². The van der Waals surface area contributed by atoms with Crippen LogP contribution in [0.3, 0.4) is 0 Å². The van der Waals surface area contributed by atoms with Crippen molar-refractivity contribution in [2.24, 2.45) is 5.41 Å². The second-order valence-electron chi connectivity index (χ2n) is 10.6. The lowest BCUT2D eigenvalue weighted by Gasteiger charge is -2.21. The van der Waals surface area contributed by atoms with E-state index in [1.54, 1.807) is 31.0 Å². The van der Waals surface area contributed by atoms with Crippen molar-refractivity contribution < 1.29 is 14.7 Å².